The fraction of sp³-hybridized carbons (Fsp3) is 0.542. The van der Waals surface area contributed by atoms with Crippen LogP contribution in [0.25, 0.3) is 11.1 Å². The minimum absolute atomic E-state index is 0.232. The molecule has 2 aliphatic heterocycles. The molecule has 29 heavy (non-hydrogen) atoms. The van der Waals surface area contributed by atoms with Crippen molar-refractivity contribution in [2.24, 2.45) is 11.8 Å². The number of ether oxygens (including phenoxy) is 1. The minimum atomic E-state index is 0.232. The lowest BCUT2D eigenvalue weighted by Crippen LogP contribution is -2.44. The van der Waals surface area contributed by atoms with Crippen LogP contribution in [0.4, 0.5) is 5.00 Å². The summed E-state index contributed by atoms with van der Waals surface area (Å²) in [6.07, 6.45) is 6.56. The lowest BCUT2D eigenvalue weighted by molar-refractivity contribution is 0.0525. The van der Waals surface area contributed by atoms with Crippen molar-refractivity contribution >= 4 is 22.2 Å². The number of benzene rings is 1. The van der Waals surface area contributed by atoms with Gasteiger partial charge in [-0.3, -0.25) is 4.79 Å². The maximum atomic E-state index is 13.4. The van der Waals surface area contributed by atoms with Crippen LogP contribution >= 0.6 is 11.3 Å². The van der Waals surface area contributed by atoms with Crippen LogP contribution in [0, 0.1) is 11.8 Å². The summed E-state index contributed by atoms with van der Waals surface area (Å²) in [5, 5.41) is 1.22. The highest BCUT2D eigenvalue weighted by Crippen LogP contribution is 2.41. The van der Waals surface area contributed by atoms with Crippen LogP contribution in [0.3, 0.4) is 0 Å². The van der Waals surface area contributed by atoms with Crippen molar-refractivity contribution in [3.8, 4) is 11.1 Å². The van der Waals surface area contributed by atoms with Crippen molar-refractivity contribution < 1.29 is 9.53 Å². The highest BCUT2D eigenvalue weighted by Gasteiger charge is 2.34. The second kappa shape index (κ2) is 8.49. The topological polar surface area (TPSA) is 32.8 Å². The van der Waals surface area contributed by atoms with Crippen LogP contribution in [0.2, 0.25) is 0 Å². The first kappa shape index (κ1) is 19.1. The Morgan fingerprint density at radius 2 is 1.72 bits per heavy atom. The number of amides is 1. The molecule has 1 aromatic heterocycles. The molecule has 0 N–H and O–H groups in total. The number of fused-ring (bicyclic) bond motifs is 1. The van der Waals surface area contributed by atoms with E-state index in [0.717, 1.165) is 50.2 Å². The van der Waals surface area contributed by atoms with Crippen LogP contribution in [0.15, 0.2) is 36.4 Å². The number of anilines is 1. The molecule has 2 saturated heterocycles. The number of thiophene rings is 1. The molecule has 3 heterocycles. The summed E-state index contributed by atoms with van der Waals surface area (Å²) in [4.78, 5) is 18.9. The summed E-state index contributed by atoms with van der Waals surface area (Å²) in [5.74, 6) is 1.80. The zero-order valence-electron chi connectivity index (χ0n) is 17.0. The summed E-state index contributed by atoms with van der Waals surface area (Å²) in [7, 11) is 0. The van der Waals surface area contributed by atoms with Gasteiger partial charge in [-0.2, -0.15) is 0 Å². The molecular formula is C24H30N2O2S. The third kappa shape index (κ3) is 3.95. The van der Waals surface area contributed by atoms with Gasteiger partial charge in [-0.15, -0.1) is 11.3 Å². The van der Waals surface area contributed by atoms with Crippen molar-refractivity contribution in [1.29, 1.82) is 0 Å². The smallest absolute Gasteiger partial charge is 0.264 e. The van der Waals surface area contributed by atoms with Gasteiger partial charge in [-0.1, -0.05) is 49.6 Å². The van der Waals surface area contributed by atoms with E-state index >= 15 is 0 Å². The average Bonchev–Trinajstić information content (AvgIpc) is 3.25. The Morgan fingerprint density at radius 3 is 2.52 bits per heavy atom. The van der Waals surface area contributed by atoms with Crippen LogP contribution in [0.5, 0.6) is 0 Å². The number of piperidine rings is 1. The van der Waals surface area contributed by atoms with Gasteiger partial charge in [0.25, 0.3) is 5.91 Å². The van der Waals surface area contributed by atoms with Crippen LogP contribution in [-0.4, -0.2) is 50.2 Å². The van der Waals surface area contributed by atoms with Crippen molar-refractivity contribution in [3.05, 3.63) is 41.3 Å². The van der Waals surface area contributed by atoms with E-state index in [-0.39, 0.29) is 5.91 Å². The SMILES string of the molecule is O=C(c1cc(-c2ccccc2)c(N2CCOCC2)s1)N1CC[C@@H]2CCCC[C@@H]2C1. The molecule has 3 fully saturated rings. The second-order valence-corrected chi connectivity index (χ2v) is 9.67. The maximum Gasteiger partial charge on any atom is 0.264 e. The Morgan fingerprint density at radius 1 is 0.966 bits per heavy atom. The van der Waals surface area contributed by atoms with E-state index < -0.39 is 0 Å². The number of rotatable bonds is 3. The molecule has 5 heteroatoms. The minimum Gasteiger partial charge on any atom is -0.378 e. The normalized spacial score (nSPS) is 25.0. The van der Waals surface area contributed by atoms with Gasteiger partial charge in [-0.25, -0.2) is 0 Å². The van der Waals surface area contributed by atoms with Gasteiger partial charge in [0.2, 0.25) is 0 Å². The van der Waals surface area contributed by atoms with E-state index in [4.69, 9.17) is 4.74 Å². The molecule has 2 atom stereocenters. The van der Waals surface area contributed by atoms with Gasteiger partial charge in [0, 0.05) is 31.7 Å². The van der Waals surface area contributed by atoms with E-state index in [0.29, 0.717) is 5.92 Å². The van der Waals surface area contributed by atoms with Gasteiger partial charge < -0.3 is 14.5 Å². The Bertz CT molecular complexity index is 844. The molecule has 1 aromatic carbocycles. The fourth-order valence-corrected chi connectivity index (χ4v) is 6.45. The Hall–Kier alpha value is -1.85. The first-order valence-corrected chi connectivity index (χ1v) is 11.9. The monoisotopic (exact) mass is 410 g/mol. The Kier molecular flexibility index (Phi) is 5.60. The number of hydrogen-bond acceptors (Lipinski definition) is 4. The summed E-state index contributed by atoms with van der Waals surface area (Å²) >= 11 is 1.67. The lowest BCUT2D eigenvalue weighted by atomic mass is 9.75. The van der Waals surface area contributed by atoms with Crippen LogP contribution in [-0.2, 0) is 4.74 Å². The summed E-state index contributed by atoms with van der Waals surface area (Å²) < 4.78 is 5.55. The molecular weight excluding hydrogens is 380 g/mol. The third-order valence-electron chi connectivity index (χ3n) is 6.88. The molecule has 1 aliphatic carbocycles. The number of morpholine rings is 1. The largest absolute Gasteiger partial charge is 0.378 e. The van der Waals surface area contributed by atoms with E-state index in [9.17, 15) is 4.79 Å². The van der Waals surface area contributed by atoms with Crippen LogP contribution < -0.4 is 4.90 Å². The van der Waals surface area contributed by atoms with Gasteiger partial charge >= 0.3 is 0 Å². The van der Waals surface area contributed by atoms with E-state index in [1.54, 1.807) is 11.3 Å². The predicted octanol–water partition coefficient (Wildman–Crippen LogP) is 4.90. The predicted molar refractivity (Wildman–Crippen MR) is 119 cm³/mol. The number of likely N-dealkylation sites (tertiary alicyclic amines) is 1. The lowest BCUT2D eigenvalue weighted by Gasteiger charge is -2.41. The van der Waals surface area contributed by atoms with Crippen molar-refractivity contribution in [3.63, 3.8) is 0 Å². The Balaban J connectivity index is 1.42. The molecule has 154 valence electrons. The first-order valence-electron chi connectivity index (χ1n) is 11.1. The molecule has 0 spiro atoms. The van der Waals surface area contributed by atoms with Crippen LogP contribution in [0.1, 0.15) is 41.8 Å². The molecule has 0 radical (unpaired) electrons. The quantitative estimate of drug-likeness (QED) is 0.721. The summed E-state index contributed by atoms with van der Waals surface area (Å²) in [6.45, 7) is 5.17. The highest BCUT2D eigenvalue weighted by atomic mass is 32.1. The molecule has 1 amide bonds. The molecule has 5 rings (SSSR count). The highest BCUT2D eigenvalue weighted by molar-refractivity contribution is 7.18. The summed E-state index contributed by atoms with van der Waals surface area (Å²) in [6, 6.07) is 12.6. The Labute approximate surface area is 177 Å². The third-order valence-corrected chi connectivity index (χ3v) is 8.07. The second-order valence-electron chi connectivity index (χ2n) is 8.64. The molecule has 0 bridgehead atoms. The summed E-state index contributed by atoms with van der Waals surface area (Å²) in [5.41, 5.74) is 2.38. The zero-order chi connectivity index (χ0) is 19.6. The van der Waals surface area contributed by atoms with Gasteiger partial charge in [0.05, 0.1) is 23.1 Å². The van der Waals surface area contributed by atoms with E-state index in [1.807, 2.05) is 6.07 Å². The number of carbonyl (C=O) groups excluding carboxylic acids is 1. The molecule has 2 aromatic rings. The number of nitrogens with zero attached hydrogens (tertiary/aromatic N) is 2. The number of carbonyl (C=O) groups is 1. The fourth-order valence-electron chi connectivity index (χ4n) is 5.25. The van der Waals surface area contributed by atoms with Gasteiger partial charge in [0.1, 0.15) is 0 Å². The number of hydrogen-bond donors (Lipinski definition) is 0. The zero-order valence-corrected chi connectivity index (χ0v) is 17.8. The maximum absolute atomic E-state index is 13.4. The van der Waals surface area contributed by atoms with Crippen molar-refractivity contribution in [2.45, 2.75) is 32.1 Å². The molecule has 0 unspecified atom stereocenters. The average molecular weight is 411 g/mol. The van der Waals surface area contributed by atoms with E-state index in [1.165, 1.54) is 48.2 Å². The van der Waals surface area contributed by atoms with Gasteiger partial charge in [0.15, 0.2) is 0 Å². The van der Waals surface area contributed by atoms with Crippen molar-refractivity contribution in [1.82, 2.24) is 4.90 Å². The molecule has 3 aliphatic rings. The van der Waals surface area contributed by atoms with Gasteiger partial charge in [-0.05, 0) is 36.3 Å². The van der Waals surface area contributed by atoms with Crippen molar-refractivity contribution in [2.75, 3.05) is 44.3 Å². The van der Waals surface area contributed by atoms with E-state index in [2.05, 4.69) is 40.1 Å². The molecule has 1 saturated carbocycles. The standard InChI is InChI=1S/C24H30N2O2S/c27-23(26-11-10-18-6-4-5-9-20(18)17-26)22-16-21(19-7-2-1-3-8-19)24(29-22)25-12-14-28-15-13-25/h1-3,7-8,16,18,20H,4-6,9-15,17H2/t18-,20+/m0/s1. The molecule has 4 nitrogen and oxygen atoms in total. The first-order chi connectivity index (χ1) is 14.3.